The van der Waals surface area contributed by atoms with Gasteiger partial charge in [-0.25, -0.2) is 4.98 Å². The molecule has 1 saturated heterocycles. The minimum atomic E-state index is -0.00545. The Hall–Kier alpha value is -2.37. The number of benzene rings is 1. The minimum Gasteiger partial charge on any atom is -0.342 e. The van der Waals surface area contributed by atoms with Gasteiger partial charge in [0.25, 0.3) is 0 Å². The Morgan fingerprint density at radius 2 is 2.17 bits per heavy atom. The fourth-order valence-electron chi connectivity index (χ4n) is 3.13. The second-order valence-corrected chi connectivity index (χ2v) is 6.28. The van der Waals surface area contributed by atoms with E-state index in [1.807, 2.05) is 37.1 Å². The van der Waals surface area contributed by atoms with Crippen molar-refractivity contribution < 1.29 is 9.59 Å². The molecule has 0 spiro atoms. The maximum Gasteiger partial charge on any atom is 0.224 e. The number of aromatic nitrogens is 2. The molecule has 128 valence electrons. The van der Waals surface area contributed by atoms with E-state index in [-0.39, 0.29) is 11.8 Å². The lowest BCUT2D eigenvalue weighted by Crippen LogP contribution is -2.36. The molecule has 1 aromatic heterocycles. The first kappa shape index (κ1) is 16.5. The molecular formula is C18H24N4O2. The van der Waals surface area contributed by atoms with Crippen molar-refractivity contribution in [1.29, 1.82) is 0 Å². The smallest absolute Gasteiger partial charge is 0.224 e. The summed E-state index contributed by atoms with van der Waals surface area (Å²) in [6, 6.07) is 5.77. The predicted molar refractivity (Wildman–Crippen MR) is 93.8 cm³/mol. The number of hydrogen-bond donors (Lipinski definition) is 1. The molecule has 0 bridgehead atoms. The van der Waals surface area contributed by atoms with Crippen LogP contribution in [0.3, 0.4) is 0 Å². The van der Waals surface area contributed by atoms with Crippen molar-refractivity contribution in [2.45, 2.75) is 39.0 Å². The third kappa shape index (κ3) is 3.42. The number of aryl methyl sites for hydroxylation is 1. The van der Waals surface area contributed by atoms with Crippen LogP contribution in [-0.2, 0) is 23.1 Å². The third-order valence-electron chi connectivity index (χ3n) is 4.61. The van der Waals surface area contributed by atoms with Gasteiger partial charge < -0.3 is 14.8 Å². The van der Waals surface area contributed by atoms with Crippen LogP contribution in [0.4, 0.5) is 5.69 Å². The Bertz CT molecular complexity index is 766. The van der Waals surface area contributed by atoms with Crippen molar-refractivity contribution in [3.63, 3.8) is 0 Å². The zero-order chi connectivity index (χ0) is 17.1. The highest BCUT2D eigenvalue weighted by Gasteiger charge is 2.18. The molecule has 2 aromatic rings. The SMILES string of the molecule is CCC(=O)Nc1ccc2c(c1)nc(CCN1CCCCC1=O)n2C. The molecule has 1 aliphatic heterocycles. The first-order valence-electron chi connectivity index (χ1n) is 8.61. The molecular weight excluding hydrogens is 304 g/mol. The summed E-state index contributed by atoms with van der Waals surface area (Å²) in [6.45, 7) is 3.40. The van der Waals surface area contributed by atoms with Gasteiger partial charge in [-0.1, -0.05) is 6.92 Å². The normalized spacial score (nSPS) is 15.1. The Kier molecular flexibility index (Phi) is 4.83. The van der Waals surface area contributed by atoms with E-state index in [0.717, 1.165) is 54.9 Å². The van der Waals surface area contributed by atoms with Gasteiger partial charge in [0, 0.05) is 45.1 Å². The fourth-order valence-corrected chi connectivity index (χ4v) is 3.13. The van der Waals surface area contributed by atoms with Crippen LogP contribution in [0.2, 0.25) is 0 Å². The quantitative estimate of drug-likeness (QED) is 0.917. The van der Waals surface area contributed by atoms with Crippen LogP contribution in [0, 0.1) is 0 Å². The van der Waals surface area contributed by atoms with Crippen molar-refractivity contribution in [3.8, 4) is 0 Å². The molecule has 1 fully saturated rings. The summed E-state index contributed by atoms with van der Waals surface area (Å²) in [5.41, 5.74) is 2.67. The van der Waals surface area contributed by atoms with Gasteiger partial charge in [-0.2, -0.15) is 0 Å². The summed E-state index contributed by atoms with van der Waals surface area (Å²) in [5.74, 6) is 1.21. The topological polar surface area (TPSA) is 67.2 Å². The highest BCUT2D eigenvalue weighted by molar-refractivity contribution is 5.92. The highest BCUT2D eigenvalue weighted by Crippen LogP contribution is 2.20. The average Bonchev–Trinajstić information content (AvgIpc) is 2.89. The summed E-state index contributed by atoms with van der Waals surface area (Å²) in [5, 5.41) is 2.86. The van der Waals surface area contributed by atoms with E-state index in [0.29, 0.717) is 12.8 Å². The van der Waals surface area contributed by atoms with Crippen LogP contribution in [0.15, 0.2) is 18.2 Å². The number of carbonyl (C=O) groups excluding carboxylic acids is 2. The number of nitrogens with one attached hydrogen (secondary N) is 1. The van der Waals surface area contributed by atoms with Gasteiger partial charge in [-0.15, -0.1) is 0 Å². The molecule has 3 rings (SSSR count). The molecule has 1 aromatic carbocycles. The van der Waals surface area contributed by atoms with Crippen molar-refractivity contribution in [3.05, 3.63) is 24.0 Å². The molecule has 0 aliphatic carbocycles. The van der Waals surface area contributed by atoms with Gasteiger partial charge in [-0.3, -0.25) is 9.59 Å². The number of rotatable bonds is 5. The number of imidazole rings is 1. The number of hydrogen-bond acceptors (Lipinski definition) is 3. The number of amides is 2. The molecule has 0 unspecified atom stereocenters. The van der Waals surface area contributed by atoms with E-state index < -0.39 is 0 Å². The van der Waals surface area contributed by atoms with Gasteiger partial charge in [-0.05, 0) is 31.0 Å². The first-order chi connectivity index (χ1) is 11.6. The lowest BCUT2D eigenvalue weighted by molar-refractivity contribution is -0.133. The van der Waals surface area contributed by atoms with Crippen molar-refractivity contribution in [2.75, 3.05) is 18.4 Å². The van der Waals surface area contributed by atoms with Crippen LogP contribution < -0.4 is 5.32 Å². The Morgan fingerprint density at radius 1 is 1.33 bits per heavy atom. The van der Waals surface area contributed by atoms with Crippen molar-refractivity contribution >= 4 is 28.5 Å². The number of likely N-dealkylation sites (tertiary alicyclic amines) is 1. The molecule has 1 N–H and O–H groups in total. The molecule has 0 saturated carbocycles. The van der Waals surface area contributed by atoms with Crippen molar-refractivity contribution in [2.24, 2.45) is 7.05 Å². The van der Waals surface area contributed by atoms with E-state index >= 15 is 0 Å². The number of anilines is 1. The van der Waals surface area contributed by atoms with Crippen LogP contribution in [0.5, 0.6) is 0 Å². The number of piperidine rings is 1. The Labute approximate surface area is 141 Å². The highest BCUT2D eigenvalue weighted by atomic mass is 16.2. The summed E-state index contributed by atoms with van der Waals surface area (Å²) in [6.07, 6.45) is 3.97. The molecule has 0 atom stereocenters. The minimum absolute atomic E-state index is 0.00545. The number of nitrogens with zero attached hydrogens (tertiary/aromatic N) is 3. The Balaban J connectivity index is 1.75. The molecule has 6 nitrogen and oxygen atoms in total. The van der Waals surface area contributed by atoms with E-state index in [1.54, 1.807) is 0 Å². The molecule has 24 heavy (non-hydrogen) atoms. The van der Waals surface area contributed by atoms with Gasteiger partial charge >= 0.3 is 0 Å². The number of fused-ring (bicyclic) bond motifs is 1. The summed E-state index contributed by atoms with van der Waals surface area (Å²) >= 11 is 0. The van der Waals surface area contributed by atoms with E-state index in [2.05, 4.69) is 14.9 Å². The molecule has 2 heterocycles. The standard InChI is InChI=1S/C18H24N4O2/c1-3-17(23)19-13-7-8-15-14(12-13)20-16(21(15)2)9-11-22-10-5-4-6-18(22)24/h7-8,12H,3-6,9-11H2,1-2H3,(H,19,23). The van der Waals surface area contributed by atoms with Crippen LogP contribution in [0.1, 0.15) is 38.4 Å². The molecule has 1 aliphatic rings. The summed E-state index contributed by atoms with van der Waals surface area (Å²) < 4.78 is 2.06. The van der Waals surface area contributed by atoms with Crippen LogP contribution in [0.25, 0.3) is 11.0 Å². The second kappa shape index (κ2) is 7.03. The lowest BCUT2D eigenvalue weighted by Gasteiger charge is -2.26. The zero-order valence-electron chi connectivity index (χ0n) is 14.3. The maximum absolute atomic E-state index is 11.9. The third-order valence-corrected chi connectivity index (χ3v) is 4.61. The van der Waals surface area contributed by atoms with Crippen LogP contribution >= 0.6 is 0 Å². The molecule has 2 amide bonds. The average molecular weight is 328 g/mol. The van der Waals surface area contributed by atoms with Gasteiger partial charge in [0.2, 0.25) is 11.8 Å². The van der Waals surface area contributed by atoms with Gasteiger partial charge in [0.05, 0.1) is 11.0 Å². The number of carbonyl (C=O) groups is 2. The van der Waals surface area contributed by atoms with E-state index in [1.165, 1.54) is 0 Å². The van der Waals surface area contributed by atoms with Gasteiger partial charge in [0.15, 0.2) is 0 Å². The van der Waals surface area contributed by atoms with Gasteiger partial charge in [0.1, 0.15) is 5.82 Å². The summed E-state index contributed by atoms with van der Waals surface area (Å²) in [4.78, 5) is 30.1. The van der Waals surface area contributed by atoms with Crippen molar-refractivity contribution in [1.82, 2.24) is 14.5 Å². The Morgan fingerprint density at radius 3 is 2.92 bits per heavy atom. The zero-order valence-corrected chi connectivity index (χ0v) is 14.3. The monoisotopic (exact) mass is 328 g/mol. The predicted octanol–water partition coefficient (Wildman–Crippen LogP) is 2.48. The fraction of sp³-hybridized carbons (Fsp3) is 0.500. The first-order valence-corrected chi connectivity index (χ1v) is 8.61. The second-order valence-electron chi connectivity index (χ2n) is 6.28. The maximum atomic E-state index is 11.9. The largest absolute Gasteiger partial charge is 0.342 e. The molecule has 6 heteroatoms. The lowest BCUT2D eigenvalue weighted by atomic mass is 10.1. The van der Waals surface area contributed by atoms with E-state index in [4.69, 9.17) is 0 Å². The van der Waals surface area contributed by atoms with Crippen LogP contribution in [-0.4, -0.2) is 39.4 Å². The molecule has 0 radical (unpaired) electrons. The van der Waals surface area contributed by atoms with E-state index in [9.17, 15) is 9.59 Å². The summed E-state index contributed by atoms with van der Waals surface area (Å²) in [7, 11) is 1.99.